The highest BCUT2D eigenvalue weighted by Crippen LogP contribution is 2.43. The van der Waals surface area contributed by atoms with Gasteiger partial charge in [0.25, 0.3) is 0 Å². The zero-order chi connectivity index (χ0) is 16.9. The van der Waals surface area contributed by atoms with Crippen LogP contribution in [0.5, 0.6) is 0 Å². The van der Waals surface area contributed by atoms with Gasteiger partial charge in [0.15, 0.2) is 0 Å². The van der Waals surface area contributed by atoms with Gasteiger partial charge in [0.05, 0.1) is 0 Å². The van der Waals surface area contributed by atoms with Crippen LogP contribution in [-0.2, 0) is 6.42 Å². The van der Waals surface area contributed by atoms with Crippen LogP contribution < -0.4 is 0 Å². The Kier molecular flexibility index (Phi) is 6.72. The van der Waals surface area contributed by atoms with Crippen LogP contribution >= 0.6 is 12.6 Å². The fourth-order valence-corrected chi connectivity index (χ4v) is 5.27. The molecule has 0 nitrogen and oxygen atoms in total. The van der Waals surface area contributed by atoms with Gasteiger partial charge in [-0.1, -0.05) is 44.5 Å². The molecule has 0 bridgehead atoms. The molecule has 0 saturated heterocycles. The molecule has 3 rings (SSSR count). The van der Waals surface area contributed by atoms with Crippen molar-refractivity contribution in [2.45, 2.75) is 89.2 Å². The summed E-state index contributed by atoms with van der Waals surface area (Å²) >= 11 is 4.66. The molecule has 0 amide bonds. The molecule has 2 fully saturated rings. The first kappa shape index (κ1) is 18.4. The Hall–Kier alpha value is -0.430. The van der Waals surface area contributed by atoms with Gasteiger partial charge >= 0.3 is 0 Å². The third-order valence-corrected chi connectivity index (χ3v) is 7.43. The van der Waals surface area contributed by atoms with Crippen LogP contribution in [-0.4, -0.2) is 5.25 Å². The van der Waals surface area contributed by atoms with Gasteiger partial charge in [0.1, 0.15) is 0 Å². The van der Waals surface area contributed by atoms with Gasteiger partial charge in [0.2, 0.25) is 0 Å². The summed E-state index contributed by atoms with van der Waals surface area (Å²) in [7, 11) is 0. The Morgan fingerprint density at radius 3 is 1.96 bits per heavy atom. The maximum absolute atomic E-state index is 4.66. The minimum atomic E-state index is 0.687. The lowest BCUT2D eigenvalue weighted by atomic mass is 9.70. The van der Waals surface area contributed by atoms with E-state index in [1.165, 1.54) is 69.8 Å². The zero-order valence-electron chi connectivity index (χ0n) is 15.7. The molecule has 0 heterocycles. The Bertz CT molecular complexity index is 475. The van der Waals surface area contributed by atoms with Crippen molar-refractivity contribution in [2.24, 2.45) is 17.8 Å². The molecule has 1 heteroatoms. The lowest BCUT2D eigenvalue weighted by Gasteiger charge is -2.37. The van der Waals surface area contributed by atoms with Crippen molar-refractivity contribution in [3.63, 3.8) is 0 Å². The maximum Gasteiger partial charge on any atom is 0.00170 e. The first-order valence-corrected chi connectivity index (χ1v) is 10.9. The molecule has 2 aliphatic carbocycles. The summed E-state index contributed by atoms with van der Waals surface area (Å²) in [6.45, 7) is 4.65. The average molecular weight is 345 g/mol. The van der Waals surface area contributed by atoms with Crippen molar-refractivity contribution in [1.29, 1.82) is 0 Å². The Balaban J connectivity index is 1.49. The van der Waals surface area contributed by atoms with Crippen LogP contribution in [0.2, 0.25) is 0 Å². The van der Waals surface area contributed by atoms with Crippen LogP contribution in [0.3, 0.4) is 0 Å². The van der Waals surface area contributed by atoms with Gasteiger partial charge in [-0.05, 0) is 92.6 Å². The van der Waals surface area contributed by atoms with Gasteiger partial charge < -0.3 is 0 Å². The third-order valence-electron chi connectivity index (χ3n) is 6.91. The molecular formula is C23H36S. The third kappa shape index (κ3) is 4.81. The van der Waals surface area contributed by atoms with Crippen molar-refractivity contribution in [1.82, 2.24) is 0 Å². The summed E-state index contributed by atoms with van der Waals surface area (Å²) in [5, 5.41) is 0.687. The standard InChI is InChI=1S/C23H36S/c1-3-17(2)16-18-4-6-19(7-5-18)20-8-10-21(11-9-20)22-12-14-23(24)15-13-22/h4-7,17,20-24H,3,8-16H2,1-2H3/t17-,20-,21+,22-,23+/m1/s1. The smallest absolute Gasteiger partial charge is 0.00170 e. The molecule has 0 radical (unpaired) electrons. The molecule has 0 aromatic heterocycles. The first-order valence-electron chi connectivity index (χ1n) is 10.4. The van der Waals surface area contributed by atoms with Gasteiger partial charge in [-0.25, -0.2) is 0 Å². The quantitative estimate of drug-likeness (QED) is 0.544. The number of hydrogen-bond acceptors (Lipinski definition) is 1. The highest BCUT2D eigenvalue weighted by atomic mass is 32.1. The summed E-state index contributed by atoms with van der Waals surface area (Å²) in [5.74, 6) is 3.64. The molecule has 2 aliphatic rings. The number of thiol groups is 1. The van der Waals surface area contributed by atoms with E-state index < -0.39 is 0 Å². The van der Waals surface area contributed by atoms with Gasteiger partial charge in [-0.2, -0.15) is 12.6 Å². The Morgan fingerprint density at radius 1 is 0.875 bits per heavy atom. The van der Waals surface area contributed by atoms with E-state index in [-0.39, 0.29) is 0 Å². The minimum absolute atomic E-state index is 0.687. The molecule has 134 valence electrons. The topological polar surface area (TPSA) is 0 Å². The van der Waals surface area contributed by atoms with Crippen molar-refractivity contribution in [3.8, 4) is 0 Å². The summed E-state index contributed by atoms with van der Waals surface area (Å²) in [6, 6.07) is 9.63. The largest absolute Gasteiger partial charge is 0.176 e. The zero-order valence-corrected chi connectivity index (χ0v) is 16.6. The normalized spacial score (nSPS) is 32.5. The molecule has 0 N–H and O–H groups in total. The molecule has 24 heavy (non-hydrogen) atoms. The lowest BCUT2D eigenvalue weighted by Crippen LogP contribution is -2.25. The van der Waals surface area contributed by atoms with Crippen LogP contribution in [0, 0.1) is 17.8 Å². The first-order chi connectivity index (χ1) is 11.7. The Labute approximate surface area is 155 Å². The highest BCUT2D eigenvalue weighted by molar-refractivity contribution is 7.80. The van der Waals surface area contributed by atoms with E-state index in [1.807, 2.05) is 0 Å². The molecule has 0 aliphatic heterocycles. The van der Waals surface area contributed by atoms with E-state index in [9.17, 15) is 0 Å². The second-order valence-electron chi connectivity index (χ2n) is 8.64. The lowest BCUT2D eigenvalue weighted by molar-refractivity contribution is 0.188. The highest BCUT2D eigenvalue weighted by Gasteiger charge is 2.30. The van der Waals surface area contributed by atoms with Crippen LogP contribution in [0.1, 0.15) is 88.7 Å². The fraction of sp³-hybridized carbons (Fsp3) is 0.739. The number of benzene rings is 1. The molecule has 0 unspecified atom stereocenters. The van der Waals surface area contributed by atoms with Crippen molar-refractivity contribution < 1.29 is 0 Å². The van der Waals surface area contributed by atoms with E-state index in [4.69, 9.17) is 0 Å². The molecule has 1 aromatic rings. The Morgan fingerprint density at radius 2 is 1.42 bits per heavy atom. The second-order valence-corrected chi connectivity index (χ2v) is 9.37. The summed E-state index contributed by atoms with van der Waals surface area (Å²) in [4.78, 5) is 0. The van der Waals surface area contributed by atoms with Gasteiger partial charge in [-0.3, -0.25) is 0 Å². The predicted octanol–water partition coefficient (Wildman–Crippen LogP) is 7.04. The average Bonchev–Trinajstić information content (AvgIpc) is 2.63. The SMILES string of the molecule is CC[C@@H](C)Cc1ccc([C@H]2CC[C@@H]([C@H]3CC[C@@H](S)CC3)CC2)cc1. The fourth-order valence-electron chi connectivity index (χ4n) is 4.97. The van der Waals surface area contributed by atoms with Crippen LogP contribution in [0.25, 0.3) is 0 Å². The van der Waals surface area contributed by atoms with E-state index in [0.29, 0.717) is 5.25 Å². The summed E-state index contributed by atoms with van der Waals surface area (Å²) < 4.78 is 0. The molecule has 1 atom stereocenters. The van der Waals surface area contributed by atoms with E-state index in [1.54, 1.807) is 5.56 Å². The van der Waals surface area contributed by atoms with E-state index in [2.05, 4.69) is 50.7 Å². The van der Waals surface area contributed by atoms with Crippen LogP contribution in [0.4, 0.5) is 0 Å². The summed E-state index contributed by atoms with van der Waals surface area (Å²) in [6.07, 6.45) is 13.8. The van der Waals surface area contributed by atoms with Crippen molar-refractivity contribution in [3.05, 3.63) is 35.4 Å². The maximum atomic E-state index is 4.66. The number of rotatable bonds is 5. The summed E-state index contributed by atoms with van der Waals surface area (Å²) in [5.41, 5.74) is 3.12. The van der Waals surface area contributed by atoms with E-state index in [0.717, 1.165) is 23.7 Å². The predicted molar refractivity (Wildman–Crippen MR) is 109 cm³/mol. The molecule has 1 aromatic carbocycles. The van der Waals surface area contributed by atoms with Crippen LogP contribution in [0.15, 0.2) is 24.3 Å². The minimum Gasteiger partial charge on any atom is -0.176 e. The molecular weight excluding hydrogens is 308 g/mol. The van der Waals surface area contributed by atoms with Crippen molar-refractivity contribution in [2.75, 3.05) is 0 Å². The van der Waals surface area contributed by atoms with Gasteiger partial charge in [0, 0.05) is 5.25 Å². The second kappa shape index (κ2) is 8.79. The van der Waals surface area contributed by atoms with E-state index >= 15 is 0 Å². The van der Waals surface area contributed by atoms with Crippen molar-refractivity contribution >= 4 is 12.6 Å². The molecule has 0 spiro atoms. The monoisotopic (exact) mass is 344 g/mol. The number of hydrogen-bond donors (Lipinski definition) is 1. The van der Waals surface area contributed by atoms with Gasteiger partial charge in [-0.15, -0.1) is 0 Å². The molecule has 2 saturated carbocycles.